The molecule has 5 nitrogen and oxygen atoms in total. The number of piperidine rings is 1. The van der Waals surface area contributed by atoms with Gasteiger partial charge in [-0.3, -0.25) is 4.79 Å². The number of carbonyl (C=O) groups excluding carboxylic acids is 1. The zero-order valence-corrected chi connectivity index (χ0v) is 14.5. The van der Waals surface area contributed by atoms with Crippen molar-refractivity contribution in [3.05, 3.63) is 46.8 Å². The number of nitrogens with zero attached hydrogens (tertiary/aromatic N) is 2. The number of likely N-dealkylation sites (tertiary alicyclic amines) is 1. The summed E-state index contributed by atoms with van der Waals surface area (Å²) in [5, 5.41) is 3.92. The number of ether oxygens (including phenoxy) is 1. The van der Waals surface area contributed by atoms with Gasteiger partial charge in [-0.2, -0.15) is 0 Å². The third-order valence-corrected chi connectivity index (χ3v) is 4.73. The van der Waals surface area contributed by atoms with E-state index in [1.807, 2.05) is 43.0 Å². The minimum atomic E-state index is 0.111. The van der Waals surface area contributed by atoms with Crippen LogP contribution in [0.1, 0.15) is 53.6 Å². The molecule has 0 bridgehead atoms. The van der Waals surface area contributed by atoms with Crippen LogP contribution in [0.4, 0.5) is 0 Å². The number of carbonyl (C=O) groups is 1. The summed E-state index contributed by atoms with van der Waals surface area (Å²) in [7, 11) is 0. The molecule has 2 heterocycles. The Kier molecular flexibility index (Phi) is 4.88. The molecule has 0 N–H and O–H groups in total. The molecule has 1 aromatic carbocycles. The maximum Gasteiger partial charge on any atom is 0.254 e. The van der Waals surface area contributed by atoms with Crippen LogP contribution in [0.3, 0.4) is 0 Å². The highest BCUT2D eigenvalue weighted by atomic mass is 16.5. The molecule has 2 aromatic rings. The Hall–Kier alpha value is -2.30. The van der Waals surface area contributed by atoms with Crippen LogP contribution in [0, 0.1) is 13.8 Å². The van der Waals surface area contributed by atoms with E-state index in [1.165, 1.54) is 6.42 Å². The van der Waals surface area contributed by atoms with Gasteiger partial charge in [-0.05, 0) is 64.3 Å². The van der Waals surface area contributed by atoms with Crippen LogP contribution < -0.4 is 4.74 Å². The zero-order chi connectivity index (χ0) is 17.1. The average Bonchev–Trinajstić information content (AvgIpc) is 2.91. The van der Waals surface area contributed by atoms with Crippen LogP contribution in [-0.4, -0.2) is 28.6 Å². The highest BCUT2D eigenvalue weighted by Crippen LogP contribution is 2.21. The van der Waals surface area contributed by atoms with Crippen LogP contribution in [0.15, 0.2) is 28.8 Å². The van der Waals surface area contributed by atoms with E-state index in [1.54, 1.807) is 0 Å². The molecule has 0 spiro atoms. The first-order valence-corrected chi connectivity index (χ1v) is 8.52. The summed E-state index contributed by atoms with van der Waals surface area (Å²) >= 11 is 0. The lowest BCUT2D eigenvalue weighted by atomic mass is 10.0. The van der Waals surface area contributed by atoms with E-state index < -0.39 is 0 Å². The van der Waals surface area contributed by atoms with Crippen molar-refractivity contribution >= 4 is 5.91 Å². The minimum Gasteiger partial charge on any atom is -0.489 e. The van der Waals surface area contributed by atoms with Crippen molar-refractivity contribution < 1.29 is 14.1 Å². The maximum absolute atomic E-state index is 12.6. The molecule has 1 aliphatic heterocycles. The average molecular weight is 328 g/mol. The summed E-state index contributed by atoms with van der Waals surface area (Å²) in [6.07, 6.45) is 3.39. The van der Waals surface area contributed by atoms with Gasteiger partial charge in [0.2, 0.25) is 0 Å². The van der Waals surface area contributed by atoms with Crippen molar-refractivity contribution in [2.75, 3.05) is 6.54 Å². The Morgan fingerprint density at radius 2 is 2.04 bits per heavy atom. The summed E-state index contributed by atoms with van der Waals surface area (Å²) in [6.45, 7) is 7.16. The van der Waals surface area contributed by atoms with Gasteiger partial charge in [-0.25, -0.2) is 0 Å². The summed E-state index contributed by atoms with van der Waals surface area (Å²) in [6, 6.07) is 7.69. The Bertz CT molecular complexity index is 686. The smallest absolute Gasteiger partial charge is 0.254 e. The molecule has 1 saturated heterocycles. The zero-order valence-electron chi connectivity index (χ0n) is 14.5. The SMILES string of the molecule is Cc1noc(C)c1COc1ccc(C(=O)N2CCCCC2C)cc1. The van der Waals surface area contributed by atoms with Crippen molar-refractivity contribution in [1.29, 1.82) is 0 Å². The predicted octanol–water partition coefficient (Wildman–Crippen LogP) is 3.89. The second-order valence-corrected chi connectivity index (χ2v) is 6.46. The number of benzene rings is 1. The Morgan fingerprint density at radius 3 is 2.67 bits per heavy atom. The normalized spacial score (nSPS) is 17.8. The standard InChI is InChI=1S/C19H24N2O3/c1-13-6-4-5-11-21(13)19(22)16-7-9-17(10-8-16)23-12-18-14(2)20-24-15(18)3/h7-10,13H,4-6,11-12H2,1-3H3. The van der Waals surface area contributed by atoms with E-state index in [0.717, 1.165) is 42.2 Å². The third kappa shape index (κ3) is 3.45. The maximum atomic E-state index is 12.6. The molecular formula is C19H24N2O3. The van der Waals surface area contributed by atoms with Gasteiger partial charge >= 0.3 is 0 Å². The van der Waals surface area contributed by atoms with Crippen LogP contribution in [0.2, 0.25) is 0 Å². The first-order valence-electron chi connectivity index (χ1n) is 8.52. The molecule has 0 aliphatic carbocycles. The lowest BCUT2D eigenvalue weighted by molar-refractivity contribution is 0.0635. The molecule has 1 aromatic heterocycles. The van der Waals surface area contributed by atoms with E-state index in [4.69, 9.17) is 9.26 Å². The van der Waals surface area contributed by atoms with Gasteiger partial charge in [-0.15, -0.1) is 0 Å². The largest absolute Gasteiger partial charge is 0.489 e. The molecule has 1 unspecified atom stereocenters. The predicted molar refractivity (Wildman–Crippen MR) is 91.1 cm³/mol. The highest BCUT2D eigenvalue weighted by Gasteiger charge is 2.24. The Balaban J connectivity index is 1.64. The van der Waals surface area contributed by atoms with Crippen molar-refractivity contribution in [3.63, 3.8) is 0 Å². The summed E-state index contributed by atoms with van der Waals surface area (Å²) < 4.78 is 10.9. The second kappa shape index (κ2) is 7.07. The fourth-order valence-corrected chi connectivity index (χ4v) is 3.12. The van der Waals surface area contributed by atoms with Crippen LogP contribution in [-0.2, 0) is 6.61 Å². The molecular weight excluding hydrogens is 304 g/mol. The Morgan fingerprint density at radius 1 is 1.29 bits per heavy atom. The second-order valence-electron chi connectivity index (χ2n) is 6.46. The number of aromatic nitrogens is 1. The highest BCUT2D eigenvalue weighted by molar-refractivity contribution is 5.94. The quantitative estimate of drug-likeness (QED) is 0.854. The van der Waals surface area contributed by atoms with Crippen LogP contribution >= 0.6 is 0 Å². The van der Waals surface area contributed by atoms with Gasteiger partial charge in [0.05, 0.1) is 11.3 Å². The number of amides is 1. The van der Waals surface area contributed by atoms with E-state index >= 15 is 0 Å². The topological polar surface area (TPSA) is 55.6 Å². The first-order chi connectivity index (χ1) is 11.6. The van der Waals surface area contributed by atoms with E-state index in [9.17, 15) is 4.79 Å². The van der Waals surface area contributed by atoms with Crippen LogP contribution in [0.25, 0.3) is 0 Å². The van der Waals surface area contributed by atoms with Crippen molar-refractivity contribution in [3.8, 4) is 5.75 Å². The van der Waals surface area contributed by atoms with Gasteiger partial charge < -0.3 is 14.2 Å². The van der Waals surface area contributed by atoms with Crippen molar-refractivity contribution in [2.45, 2.75) is 52.7 Å². The molecule has 0 radical (unpaired) electrons. The minimum absolute atomic E-state index is 0.111. The first kappa shape index (κ1) is 16.6. The lowest BCUT2D eigenvalue weighted by Gasteiger charge is -2.33. The fraction of sp³-hybridized carbons (Fsp3) is 0.474. The van der Waals surface area contributed by atoms with Crippen molar-refractivity contribution in [2.24, 2.45) is 0 Å². The number of rotatable bonds is 4. The molecule has 1 aliphatic rings. The van der Waals surface area contributed by atoms with E-state index in [-0.39, 0.29) is 5.91 Å². The molecule has 0 saturated carbocycles. The molecule has 5 heteroatoms. The number of aryl methyl sites for hydroxylation is 2. The van der Waals surface area contributed by atoms with Gasteiger partial charge in [0.1, 0.15) is 18.1 Å². The van der Waals surface area contributed by atoms with Gasteiger partial charge in [0, 0.05) is 18.2 Å². The molecule has 3 rings (SSSR count). The van der Waals surface area contributed by atoms with E-state index in [2.05, 4.69) is 12.1 Å². The number of hydrogen-bond acceptors (Lipinski definition) is 4. The molecule has 24 heavy (non-hydrogen) atoms. The number of hydrogen-bond donors (Lipinski definition) is 0. The van der Waals surface area contributed by atoms with Gasteiger partial charge in [0.25, 0.3) is 5.91 Å². The summed E-state index contributed by atoms with van der Waals surface area (Å²) in [5.74, 6) is 1.62. The molecule has 1 atom stereocenters. The Labute approximate surface area is 142 Å². The van der Waals surface area contributed by atoms with Crippen LogP contribution in [0.5, 0.6) is 5.75 Å². The summed E-state index contributed by atoms with van der Waals surface area (Å²) in [4.78, 5) is 14.6. The molecule has 128 valence electrons. The van der Waals surface area contributed by atoms with Gasteiger partial charge in [0.15, 0.2) is 0 Å². The molecule has 1 fully saturated rings. The van der Waals surface area contributed by atoms with Gasteiger partial charge in [-0.1, -0.05) is 5.16 Å². The fourth-order valence-electron chi connectivity index (χ4n) is 3.12. The third-order valence-electron chi connectivity index (χ3n) is 4.73. The lowest BCUT2D eigenvalue weighted by Crippen LogP contribution is -2.41. The molecule has 1 amide bonds. The van der Waals surface area contributed by atoms with Crippen molar-refractivity contribution in [1.82, 2.24) is 10.1 Å². The summed E-state index contributed by atoms with van der Waals surface area (Å²) in [5.41, 5.74) is 2.53. The van der Waals surface area contributed by atoms with E-state index in [0.29, 0.717) is 18.2 Å². The monoisotopic (exact) mass is 328 g/mol.